The molecule has 3 atom stereocenters. The van der Waals surface area contributed by atoms with Gasteiger partial charge in [0, 0.05) is 19.0 Å². The molecule has 0 aromatic carbocycles. The Morgan fingerprint density at radius 1 is 1.72 bits per heavy atom. The lowest BCUT2D eigenvalue weighted by Crippen LogP contribution is -2.26. The number of nitrogens with two attached hydrogens (primary N) is 1. The molecule has 6 nitrogen and oxygen atoms in total. The van der Waals surface area contributed by atoms with E-state index >= 15 is 0 Å². The lowest BCUT2D eigenvalue weighted by atomic mass is 10.1. The summed E-state index contributed by atoms with van der Waals surface area (Å²) in [7, 11) is 0. The van der Waals surface area contributed by atoms with Gasteiger partial charge in [-0.25, -0.2) is 4.79 Å². The Bertz CT molecular complexity index is 568. The maximum Gasteiger partial charge on any atom is 0.349 e. The zero-order valence-electron chi connectivity index (χ0n) is 9.87. The van der Waals surface area contributed by atoms with Crippen LogP contribution in [0.3, 0.4) is 0 Å². The smallest absolute Gasteiger partial charge is 0.349 e. The van der Waals surface area contributed by atoms with Crippen molar-refractivity contribution in [2.75, 3.05) is 12.3 Å². The van der Waals surface area contributed by atoms with Crippen molar-refractivity contribution in [2.45, 2.75) is 30.6 Å². The summed E-state index contributed by atoms with van der Waals surface area (Å²) in [5.74, 6) is 0.218. The number of anilines is 1. The van der Waals surface area contributed by atoms with E-state index in [1.807, 2.05) is 0 Å². The van der Waals surface area contributed by atoms with Gasteiger partial charge in [0.1, 0.15) is 11.9 Å². The quantitative estimate of drug-likeness (QED) is 0.711. The van der Waals surface area contributed by atoms with Gasteiger partial charge in [-0.2, -0.15) is 4.98 Å². The molecule has 2 heterocycles. The van der Waals surface area contributed by atoms with Gasteiger partial charge in [-0.3, -0.25) is 4.57 Å². The molecule has 18 heavy (non-hydrogen) atoms. The topological polar surface area (TPSA) is 90.4 Å². The van der Waals surface area contributed by atoms with E-state index in [1.165, 1.54) is 0 Å². The van der Waals surface area contributed by atoms with E-state index in [0.717, 1.165) is 12.0 Å². The third-order valence-electron chi connectivity index (χ3n) is 3.70. The maximum absolute atomic E-state index is 11.7. The molecule has 1 aliphatic heterocycles. The van der Waals surface area contributed by atoms with Crippen molar-refractivity contribution >= 4 is 5.82 Å². The molecule has 1 aromatic heterocycles. The highest BCUT2D eigenvalue weighted by molar-refractivity contribution is 5.28. The van der Waals surface area contributed by atoms with Gasteiger partial charge in [0.15, 0.2) is 0 Å². The van der Waals surface area contributed by atoms with E-state index in [9.17, 15) is 4.79 Å². The molecule has 1 spiro atoms. The van der Waals surface area contributed by atoms with Gasteiger partial charge in [0.05, 0.1) is 18.2 Å². The lowest BCUT2D eigenvalue weighted by Gasteiger charge is -2.12. The van der Waals surface area contributed by atoms with Crippen LogP contribution in [0.1, 0.15) is 18.9 Å². The molecule has 3 rings (SSSR count). The molecule has 1 aromatic rings. The van der Waals surface area contributed by atoms with Crippen molar-refractivity contribution in [2.24, 2.45) is 0 Å². The molecule has 0 radical (unpaired) electrons. The molecular formula is C12H15N3O3. The molecule has 96 valence electrons. The van der Waals surface area contributed by atoms with Crippen LogP contribution in [0.2, 0.25) is 0 Å². The summed E-state index contributed by atoms with van der Waals surface area (Å²) in [5.41, 5.74) is 5.60. The molecule has 6 heteroatoms. The summed E-state index contributed by atoms with van der Waals surface area (Å²) in [4.78, 5) is 15.4. The summed E-state index contributed by atoms with van der Waals surface area (Å²) < 4.78 is 7.35. The van der Waals surface area contributed by atoms with Crippen LogP contribution >= 0.6 is 0 Å². The Balaban J connectivity index is 1.86. The summed E-state index contributed by atoms with van der Waals surface area (Å²) in [6, 6.07) is 1.56. The predicted molar refractivity (Wildman–Crippen MR) is 65.0 cm³/mol. The van der Waals surface area contributed by atoms with Gasteiger partial charge in [-0.15, -0.1) is 0 Å². The summed E-state index contributed by atoms with van der Waals surface area (Å²) in [5, 5.41) is 9.16. The van der Waals surface area contributed by atoms with Crippen molar-refractivity contribution in [1.82, 2.24) is 9.55 Å². The Kier molecular flexibility index (Phi) is 2.33. The number of hydrogen-bond donors (Lipinski definition) is 2. The van der Waals surface area contributed by atoms with Gasteiger partial charge >= 0.3 is 5.69 Å². The molecule has 2 unspecified atom stereocenters. The van der Waals surface area contributed by atoms with E-state index in [2.05, 4.69) is 11.6 Å². The van der Waals surface area contributed by atoms with Crippen LogP contribution in [-0.4, -0.2) is 33.0 Å². The van der Waals surface area contributed by atoms with Crippen LogP contribution in [0, 0.1) is 0 Å². The monoisotopic (exact) mass is 249 g/mol. The average Bonchev–Trinajstić information content (AvgIpc) is 2.88. The number of aliphatic hydroxyl groups is 1. The van der Waals surface area contributed by atoms with Crippen molar-refractivity contribution in [3.63, 3.8) is 0 Å². The molecule has 0 amide bonds. The standard InChI is InChI=1S/C12H15N3O3/c1-7-4-12(18-8(7)6-16)5-9(12)15-3-2-10(13)14-11(15)17/h2-3,8-9,16H,1,4-6H2,(H2,13,14,17)/t8-,9?,12?/m1/s1. The first kappa shape index (κ1) is 11.4. The molecule has 0 bridgehead atoms. The van der Waals surface area contributed by atoms with Crippen LogP contribution in [0.15, 0.2) is 29.2 Å². The second-order valence-electron chi connectivity index (χ2n) is 4.95. The second-order valence-corrected chi connectivity index (χ2v) is 4.95. The number of nitrogens with zero attached hydrogens (tertiary/aromatic N) is 2. The minimum Gasteiger partial charge on any atom is -0.393 e. The van der Waals surface area contributed by atoms with E-state index in [0.29, 0.717) is 6.42 Å². The lowest BCUT2D eigenvalue weighted by molar-refractivity contribution is -0.00242. The van der Waals surface area contributed by atoms with Crippen LogP contribution in [0.25, 0.3) is 0 Å². The minimum absolute atomic E-state index is 0.0357. The van der Waals surface area contributed by atoms with Gasteiger partial charge in [-0.1, -0.05) is 6.58 Å². The third-order valence-corrected chi connectivity index (χ3v) is 3.70. The number of hydrogen-bond acceptors (Lipinski definition) is 5. The highest BCUT2D eigenvalue weighted by atomic mass is 16.5. The number of aliphatic hydroxyl groups excluding tert-OH is 1. The summed E-state index contributed by atoms with van der Waals surface area (Å²) in [6.07, 6.45) is 2.75. The first-order valence-electron chi connectivity index (χ1n) is 5.87. The number of aromatic nitrogens is 2. The van der Waals surface area contributed by atoms with Crippen LogP contribution in [0.5, 0.6) is 0 Å². The van der Waals surface area contributed by atoms with Crippen LogP contribution < -0.4 is 11.4 Å². The molecule has 1 aliphatic carbocycles. The van der Waals surface area contributed by atoms with Crippen molar-refractivity contribution in [3.05, 3.63) is 34.9 Å². The maximum atomic E-state index is 11.7. The Hall–Kier alpha value is -1.66. The fourth-order valence-corrected chi connectivity index (χ4v) is 2.67. The van der Waals surface area contributed by atoms with E-state index < -0.39 is 0 Å². The normalized spacial score (nSPS) is 34.2. The van der Waals surface area contributed by atoms with Crippen molar-refractivity contribution < 1.29 is 9.84 Å². The van der Waals surface area contributed by atoms with E-state index in [4.69, 9.17) is 15.6 Å². The summed E-state index contributed by atoms with van der Waals surface area (Å²) >= 11 is 0. The molecule has 1 saturated carbocycles. The van der Waals surface area contributed by atoms with Crippen LogP contribution in [0.4, 0.5) is 5.82 Å². The van der Waals surface area contributed by atoms with Gasteiger partial charge < -0.3 is 15.6 Å². The molecule has 2 fully saturated rings. The Labute approximate surface area is 104 Å². The van der Waals surface area contributed by atoms with Gasteiger partial charge in [0.2, 0.25) is 0 Å². The first-order chi connectivity index (χ1) is 8.55. The molecule has 2 aliphatic rings. The SMILES string of the molecule is C=C1CC2(CC2n2ccc(N)nc2=O)O[C@@H]1CO. The highest BCUT2D eigenvalue weighted by Crippen LogP contribution is 2.58. The molecular weight excluding hydrogens is 234 g/mol. The van der Waals surface area contributed by atoms with Crippen LogP contribution in [-0.2, 0) is 4.74 Å². The number of ether oxygens (including phenoxy) is 1. The summed E-state index contributed by atoms with van der Waals surface area (Å²) in [6.45, 7) is 3.83. The third kappa shape index (κ3) is 1.57. The predicted octanol–water partition coefficient (Wildman–Crippen LogP) is -0.154. The van der Waals surface area contributed by atoms with Crippen molar-refractivity contribution in [3.8, 4) is 0 Å². The molecule has 3 N–H and O–H groups in total. The van der Waals surface area contributed by atoms with E-state index in [-0.39, 0.29) is 35.9 Å². The number of nitrogen functional groups attached to an aromatic ring is 1. The average molecular weight is 249 g/mol. The van der Waals surface area contributed by atoms with Gasteiger partial charge in [-0.05, 0) is 11.6 Å². The van der Waals surface area contributed by atoms with Gasteiger partial charge in [0.25, 0.3) is 0 Å². The number of rotatable bonds is 2. The van der Waals surface area contributed by atoms with E-state index in [1.54, 1.807) is 16.8 Å². The fourth-order valence-electron chi connectivity index (χ4n) is 2.67. The van der Waals surface area contributed by atoms with Crippen molar-refractivity contribution in [1.29, 1.82) is 0 Å². The Morgan fingerprint density at radius 3 is 3.11 bits per heavy atom. The second kappa shape index (κ2) is 3.66. The first-order valence-corrected chi connectivity index (χ1v) is 5.87. The fraction of sp³-hybridized carbons (Fsp3) is 0.500. The Morgan fingerprint density at radius 2 is 2.50 bits per heavy atom. The highest BCUT2D eigenvalue weighted by Gasteiger charge is 2.62. The zero-order chi connectivity index (χ0) is 12.9. The molecule has 1 saturated heterocycles. The minimum atomic E-state index is -0.383. The largest absolute Gasteiger partial charge is 0.393 e. The zero-order valence-corrected chi connectivity index (χ0v) is 9.87.